The van der Waals surface area contributed by atoms with Crippen LogP contribution in [0.2, 0.25) is 0 Å². The van der Waals surface area contributed by atoms with Gasteiger partial charge in [0.1, 0.15) is 11.2 Å². The smallest absolute Gasteiger partial charge is 0.267 e. The van der Waals surface area contributed by atoms with Crippen molar-refractivity contribution in [3.63, 3.8) is 0 Å². The number of fused-ring (bicyclic) bond motifs is 1. The van der Waals surface area contributed by atoms with Crippen LogP contribution in [0.1, 0.15) is 38.5 Å². The average Bonchev–Trinajstić information content (AvgIpc) is 3.13. The molecular formula is C22H23N5OS. The van der Waals surface area contributed by atoms with Crippen molar-refractivity contribution < 1.29 is 0 Å². The summed E-state index contributed by atoms with van der Waals surface area (Å²) in [4.78, 5) is 19.1. The van der Waals surface area contributed by atoms with E-state index in [1.807, 2.05) is 32.4 Å². The number of nitrogens with zero attached hydrogens (tertiary/aromatic N) is 5. The molecule has 4 rings (SSSR count). The first-order chi connectivity index (χ1) is 13.8. The fraction of sp³-hybridized carbons (Fsp3) is 0.273. The van der Waals surface area contributed by atoms with Gasteiger partial charge in [-0.15, -0.1) is 11.3 Å². The third-order valence-corrected chi connectivity index (χ3v) is 6.39. The lowest BCUT2D eigenvalue weighted by atomic mass is 10.1. The highest BCUT2D eigenvalue weighted by Gasteiger charge is 2.13. The van der Waals surface area contributed by atoms with Crippen molar-refractivity contribution in [1.82, 2.24) is 19.4 Å². The Morgan fingerprint density at radius 2 is 1.83 bits per heavy atom. The molecule has 0 saturated carbocycles. The van der Waals surface area contributed by atoms with E-state index in [2.05, 4.69) is 46.4 Å². The lowest BCUT2D eigenvalue weighted by Gasteiger charge is -2.05. The lowest BCUT2D eigenvalue weighted by molar-refractivity contribution is 0.659. The second kappa shape index (κ2) is 7.40. The van der Waals surface area contributed by atoms with Crippen molar-refractivity contribution in [2.45, 2.75) is 41.2 Å². The first-order valence-electron chi connectivity index (χ1n) is 9.46. The molecule has 0 unspecified atom stereocenters. The summed E-state index contributed by atoms with van der Waals surface area (Å²) in [6.45, 7) is 10.7. The van der Waals surface area contributed by atoms with E-state index >= 15 is 0 Å². The zero-order chi connectivity index (χ0) is 20.7. The molecule has 0 aliphatic carbocycles. The molecule has 6 nitrogen and oxygen atoms in total. The summed E-state index contributed by atoms with van der Waals surface area (Å²) in [5.41, 5.74) is 6.07. The topological polar surface area (TPSA) is 65.1 Å². The minimum absolute atomic E-state index is 0.143. The Morgan fingerprint density at radius 1 is 1.10 bits per heavy atom. The minimum atomic E-state index is -0.143. The SMILES string of the molecule is Cc1ccc(Cn2nc(C)c(/C=N/n3cnc4sc(C)c(C)c4c3=O)c2C)cc1. The summed E-state index contributed by atoms with van der Waals surface area (Å²) in [6.07, 6.45) is 3.19. The molecule has 0 bridgehead atoms. The molecule has 4 aromatic rings. The largest absolute Gasteiger partial charge is 0.282 e. The van der Waals surface area contributed by atoms with Crippen LogP contribution >= 0.6 is 11.3 Å². The lowest BCUT2D eigenvalue weighted by Crippen LogP contribution is -2.17. The van der Waals surface area contributed by atoms with E-state index < -0.39 is 0 Å². The van der Waals surface area contributed by atoms with Crippen LogP contribution in [0.25, 0.3) is 10.2 Å². The monoisotopic (exact) mass is 405 g/mol. The van der Waals surface area contributed by atoms with Crippen LogP contribution in [0, 0.1) is 34.6 Å². The van der Waals surface area contributed by atoms with Crippen LogP contribution in [0.15, 0.2) is 40.5 Å². The zero-order valence-electron chi connectivity index (χ0n) is 17.2. The molecule has 0 saturated heterocycles. The Labute approximate surface area is 173 Å². The number of aryl methyl sites for hydroxylation is 4. The summed E-state index contributed by atoms with van der Waals surface area (Å²) in [6, 6.07) is 8.44. The summed E-state index contributed by atoms with van der Waals surface area (Å²) in [5.74, 6) is 0. The predicted molar refractivity (Wildman–Crippen MR) is 118 cm³/mol. The van der Waals surface area contributed by atoms with E-state index in [9.17, 15) is 4.79 Å². The highest BCUT2D eigenvalue weighted by atomic mass is 32.1. The first-order valence-corrected chi connectivity index (χ1v) is 10.3. The molecule has 148 valence electrons. The van der Waals surface area contributed by atoms with Gasteiger partial charge in [-0.1, -0.05) is 29.8 Å². The van der Waals surface area contributed by atoms with Crippen molar-refractivity contribution in [3.05, 3.63) is 79.5 Å². The van der Waals surface area contributed by atoms with Crippen LogP contribution in [-0.2, 0) is 6.54 Å². The van der Waals surface area contributed by atoms with E-state index in [4.69, 9.17) is 0 Å². The van der Waals surface area contributed by atoms with E-state index in [0.29, 0.717) is 11.9 Å². The quantitative estimate of drug-likeness (QED) is 0.480. The van der Waals surface area contributed by atoms with Gasteiger partial charge in [0, 0.05) is 16.1 Å². The number of aromatic nitrogens is 4. The van der Waals surface area contributed by atoms with Crippen LogP contribution in [0.5, 0.6) is 0 Å². The van der Waals surface area contributed by atoms with E-state index in [1.54, 1.807) is 6.21 Å². The Morgan fingerprint density at radius 3 is 2.55 bits per heavy atom. The fourth-order valence-electron chi connectivity index (χ4n) is 3.35. The molecule has 0 aliphatic rings. The standard InChI is InChI=1S/C22H23N5OS/c1-13-6-8-18(9-7-13)11-26-16(4)19(15(3)25-26)10-24-27-12-23-21-20(22(27)28)14(2)17(5)29-21/h6-10,12H,11H2,1-5H3/b24-10+. The summed E-state index contributed by atoms with van der Waals surface area (Å²) in [5, 5.41) is 9.70. The fourth-order valence-corrected chi connectivity index (χ4v) is 4.33. The summed E-state index contributed by atoms with van der Waals surface area (Å²) in [7, 11) is 0. The Hall–Kier alpha value is -3.06. The maximum absolute atomic E-state index is 12.8. The molecule has 7 heteroatoms. The Bertz CT molecular complexity index is 1290. The molecule has 0 atom stereocenters. The van der Waals surface area contributed by atoms with E-state index in [0.717, 1.165) is 32.2 Å². The minimum Gasteiger partial charge on any atom is -0.267 e. The number of hydrogen-bond donors (Lipinski definition) is 0. The van der Waals surface area contributed by atoms with Gasteiger partial charge in [-0.3, -0.25) is 9.48 Å². The molecule has 29 heavy (non-hydrogen) atoms. The Kier molecular flexibility index (Phi) is 4.92. The molecule has 0 N–H and O–H groups in total. The van der Waals surface area contributed by atoms with Crippen molar-refractivity contribution in [2.75, 3.05) is 0 Å². The summed E-state index contributed by atoms with van der Waals surface area (Å²) >= 11 is 1.54. The molecule has 0 radical (unpaired) electrons. The van der Waals surface area contributed by atoms with Crippen LogP contribution < -0.4 is 5.56 Å². The molecule has 3 aromatic heterocycles. The van der Waals surface area contributed by atoms with Crippen molar-refractivity contribution >= 4 is 27.8 Å². The van der Waals surface area contributed by atoms with E-state index in [-0.39, 0.29) is 5.56 Å². The zero-order valence-corrected chi connectivity index (χ0v) is 18.0. The maximum atomic E-state index is 12.8. The van der Waals surface area contributed by atoms with Crippen LogP contribution in [0.4, 0.5) is 0 Å². The number of rotatable bonds is 4. The van der Waals surface area contributed by atoms with Crippen molar-refractivity contribution in [2.24, 2.45) is 5.10 Å². The Balaban J connectivity index is 1.67. The van der Waals surface area contributed by atoms with Gasteiger partial charge < -0.3 is 0 Å². The molecule has 0 aliphatic heterocycles. The van der Waals surface area contributed by atoms with Crippen molar-refractivity contribution in [1.29, 1.82) is 0 Å². The molecule has 0 spiro atoms. The van der Waals surface area contributed by atoms with E-state index in [1.165, 1.54) is 33.5 Å². The molecule has 0 fully saturated rings. The highest BCUT2D eigenvalue weighted by molar-refractivity contribution is 7.18. The van der Waals surface area contributed by atoms with Gasteiger partial charge >= 0.3 is 0 Å². The highest BCUT2D eigenvalue weighted by Crippen LogP contribution is 2.25. The van der Waals surface area contributed by atoms with Gasteiger partial charge in [0.2, 0.25) is 0 Å². The van der Waals surface area contributed by atoms with Gasteiger partial charge in [0.15, 0.2) is 0 Å². The molecule has 1 aromatic carbocycles. The van der Waals surface area contributed by atoms with Gasteiger partial charge in [-0.25, -0.2) is 4.98 Å². The van der Waals surface area contributed by atoms with Gasteiger partial charge in [0.25, 0.3) is 5.56 Å². The predicted octanol–water partition coefficient (Wildman–Crippen LogP) is 4.13. The molecular weight excluding hydrogens is 382 g/mol. The summed E-state index contributed by atoms with van der Waals surface area (Å²) < 4.78 is 3.27. The molecule has 3 heterocycles. The van der Waals surface area contributed by atoms with Crippen LogP contribution in [0.3, 0.4) is 0 Å². The third-order valence-electron chi connectivity index (χ3n) is 5.27. The first kappa shape index (κ1) is 19.3. The maximum Gasteiger partial charge on any atom is 0.282 e. The van der Waals surface area contributed by atoms with Crippen molar-refractivity contribution in [3.8, 4) is 0 Å². The second-order valence-corrected chi connectivity index (χ2v) is 8.53. The average molecular weight is 406 g/mol. The van der Waals surface area contributed by atoms with Gasteiger partial charge in [-0.05, 0) is 45.7 Å². The van der Waals surface area contributed by atoms with Crippen LogP contribution in [-0.4, -0.2) is 25.7 Å². The number of benzene rings is 1. The number of thiophene rings is 1. The van der Waals surface area contributed by atoms with Gasteiger partial charge in [0.05, 0.1) is 23.8 Å². The molecule has 0 amide bonds. The normalized spacial score (nSPS) is 11.8. The second-order valence-electron chi connectivity index (χ2n) is 7.33. The van der Waals surface area contributed by atoms with Gasteiger partial charge in [-0.2, -0.15) is 14.9 Å². The number of hydrogen-bond acceptors (Lipinski definition) is 5. The third kappa shape index (κ3) is 3.53.